The Kier molecular flexibility index (Phi) is 9.26. The lowest BCUT2D eigenvalue weighted by atomic mass is 9.94. The Bertz CT molecular complexity index is 1710. The summed E-state index contributed by atoms with van der Waals surface area (Å²) < 4.78 is 22.9. The predicted octanol–water partition coefficient (Wildman–Crippen LogP) is 5.58. The number of aromatic nitrogens is 4. The van der Waals surface area contributed by atoms with Crippen LogP contribution in [-0.4, -0.2) is 87.3 Å². The number of hydrogen-bond acceptors (Lipinski definition) is 8. The highest BCUT2D eigenvalue weighted by Crippen LogP contribution is 2.43. The number of halogens is 2. The van der Waals surface area contributed by atoms with Gasteiger partial charge in [0.2, 0.25) is 5.91 Å². The number of benzene rings is 2. The average Bonchev–Trinajstić information content (AvgIpc) is 3.39. The fraction of sp³-hybridized carbons (Fsp3) is 0.438. The van der Waals surface area contributed by atoms with Crippen LogP contribution in [0.1, 0.15) is 39.7 Å². The Morgan fingerprint density at radius 2 is 1.98 bits per heavy atom. The van der Waals surface area contributed by atoms with E-state index in [9.17, 15) is 4.79 Å². The van der Waals surface area contributed by atoms with Crippen LogP contribution in [0, 0.1) is 12.7 Å². The summed E-state index contributed by atoms with van der Waals surface area (Å²) in [6.45, 7) is 17.8. The van der Waals surface area contributed by atoms with Crippen LogP contribution in [-0.2, 0) is 4.79 Å². The number of rotatable bonds is 10. The smallest absolute Gasteiger partial charge is 0.319 e. The molecule has 1 aliphatic rings. The van der Waals surface area contributed by atoms with E-state index in [1.54, 1.807) is 11.0 Å². The molecule has 3 heterocycles. The van der Waals surface area contributed by atoms with Crippen molar-refractivity contribution in [3.8, 4) is 17.1 Å². The predicted molar refractivity (Wildman–Crippen MR) is 175 cm³/mol. The summed E-state index contributed by atoms with van der Waals surface area (Å²) >= 11 is 6.91. The molecule has 4 aromatic rings. The van der Waals surface area contributed by atoms with Crippen molar-refractivity contribution in [3.63, 3.8) is 0 Å². The summed E-state index contributed by atoms with van der Waals surface area (Å²) in [5.74, 6) is 0.0330. The van der Waals surface area contributed by atoms with Gasteiger partial charge in [0.05, 0.1) is 22.5 Å². The minimum atomic E-state index is -0.596. The Morgan fingerprint density at radius 1 is 1.23 bits per heavy atom. The van der Waals surface area contributed by atoms with E-state index in [0.717, 1.165) is 31.6 Å². The number of nitrogens with one attached hydrogen (secondary N) is 1. The lowest BCUT2D eigenvalue weighted by molar-refractivity contribution is -0.128. The van der Waals surface area contributed by atoms with E-state index in [0.29, 0.717) is 47.4 Å². The lowest BCUT2D eigenvalue weighted by Gasteiger charge is -2.44. The van der Waals surface area contributed by atoms with Gasteiger partial charge in [-0.15, -0.1) is 0 Å². The van der Waals surface area contributed by atoms with E-state index in [4.69, 9.17) is 27.1 Å². The number of carbonyl (C=O) groups excluding carboxylic acids is 1. The van der Waals surface area contributed by atoms with Crippen LogP contribution in [0.3, 0.4) is 0 Å². The molecular formula is C32H40ClFN8O2. The third-order valence-electron chi connectivity index (χ3n) is 8.52. The molecular weight excluding hydrogens is 583 g/mol. The fourth-order valence-corrected chi connectivity index (χ4v) is 6.36. The molecule has 44 heavy (non-hydrogen) atoms. The van der Waals surface area contributed by atoms with Crippen LogP contribution in [0.4, 0.5) is 16.0 Å². The quantitative estimate of drug-likeness (QED) is 0.174. The van der Waals surface area contributed by atoms with Gasteiger partial charge >= 0.3 is 6.01 Å². The standard InChI is InChI=1S/C32H40ClFN8O2/c1-7-24(43)41-16-20(6)42(17-19(41)5)31-21-15-22(33)26(25-18(4)11-12-23-27(25)30(35)39-38-23)28(34)29(21)36-32(37-31)44-14-10-13-40(8-2)9-3/h7,11-12,15,19-20H,1,8-10,13-14,16-17H2,2-6H3,(H3,35,38,39)/t19-,20+/m1/s1. The van der Waals surface area contributed by atoms with E-state index in [-0.39, 0.29) is 45.9 Å². The van der Waals surface area contributed by atoms with E-state index >= 15 is 4.39 Å². The molecule has 0 unspecified atom stereocenters. The second-order valence-corrected chi connectivity index (χ2v) is 11.7. The second-order valence-electron chi connectivity index (χ2n) is 11.3. The molecule has 10 nitrogen and oxygen atoms in total. The van der Waals surface area contributed by atoms with E-state index < -0.39 is 5.82 Å². The largest absolute Gasteiger partial charge is 0.463 e. The summed E-state index contributed by atoms with van der Waals surface area (Å²) in [5.41, 5.74) is 8.53. The third kappa shape index (κ3) is 5.78. The molecule has 1 aliphatic heterocycles. The van der Waals surface area contributed by atoms with Crippen LogP contribution in [0.5, 0.6) is 6.01 Å². The van der Waals surface area contributed by atoms with Gasteiger partial charge in [-0.1, -0.05) is 38.1 Å². The molecule has 2 aromatic heterocycles. The van der Waals surface area contributed by atoms with Crippen molar-refractivity contribution >= 4 is 50.9 Å². The van der Waals surface area contributed by atoms with Gasteiger partial charge in [0, 0.05) is 48.2 Å². The fourth-order valence-electron chi connectivity index (χ4n) is 6.07. The number of fused-ring (bicyclic) bond motifs is 2. The summed E-state index contributed by atoms with van der Waals surface area (Å²) in [6.07, 6.45) is 2.10. The van der Waals surface area contributed by atoms with Crippen molar-refractivity contribution in [1.29, 1.82) is 0 Å². The molecule has 0 bridgehead atoms. The van der Waals surface area contributed by atoms with Gasteiger partial charge < -0.3 is 25.2 Å². The van der Waals surface area contributed by atoms with Gasteiger partial charge in [0.1, 0.15) is 11.3 Å². The molecule has 0 saturated carbocycles. The Hall–Kier alpha value is -3.96. The second kappa shape index (κ2) is 13.0. The van der Waals surface area contributed by atoms with Crippen molar-refractivity contribution in [1.82, 2.24) is 30.0 Å². The summed E-state index contributed by atoms with van der Waals surface area (Å²) in [4.78, 5) is 28.1. The first-order valence-electron chi connectivity index (χ1n) is 15.1. The van der Waals surface area contributed by atoms with Gasteiger partial charge in [0.25, 0.3) is 0 Å². The molecule has 12 heteroatoms. The van der Waals surface area contributed by atoms with E-state index in [1.807, 2.05) is 32.9 Å². The average molecular weight is 623 g/mol. The zero-order valence-electron chi connectivity index (χ0n) is 26.0. The maximum atomic E-state index is 16.9. The molecule has 0 spiro atoms. The molecule has 2 aromatic carbocycles. The molecule has 1 saturated heterocycles. The number of carbonyl (C=O) groups is 1. The van der Waals surface area contributed by atoms with Crippen molar-refractivity contribution < 1.29 is 13.9 Å². The Balaban J connectivity index is 1.64. The number of nitrogens with zero attached hydrogens (tertiary/aromatic N) is 6. The van der Waals surface area contributed by atoms with E-state index in [2.05, 4.69) is 45.4 Å². The highest BCUT2D eigenvalue weighted by molar-refractivity contribution is 6.35. The Morgan fingerprint density at radius 3 is 2.68 bits per heavy atom. The number of hydrogen-bond donors (Lipinski definition) is 2. The molecule has 5 rings (SSSR count). The van der Waals surface area contributed by atoms with Gasteiger partial charge in [-0.3, -0.25) is 9.89 Å². The molecule has 1 fully saturated rings. The maximum Gasteiger partial charge on any atom is 0.319 e. The van der Waals surface area contributed by atoms with Gasteiger partial charge in [-0.05, 0) is 64.1 Å². The van der Waals surface area contributed by atoms with Gasteiger partial charge in [-0.2, -0.15) is 15.1 Å². The van der Waals surface area contributed by atoms with Crippen LogP contribution in [0.15, 0.2) is 30.9 Å². The molecule has 2 atom stereocenters. The van der Waals surface area contributed by atoms with Crippen molar-refractivity contribution in [2.24, 2.45) is 0 Å². The topological polar surface area (TPSA) is 116 Å². The molecule has 0 radical (unpaired) electrons. The van der Waals surface area contributed by atoms with Crippen molar-refractivity contribution in [2.45, 2.75) is 53.1 Å². The van der Waals surface area contributed by atoms with Gasteiger partial charge in [-0.25, -0.2) is 4.39 Å². The highest BCUT2D eigenvalue weighted by Gasteiger charge is 2.34. The van der Waals surface area contributed by atoms with Crippen molar-refractivity contribution in [3.05, 3.63) is 47.3 Å². The number of nitrogen functional groups attached to an aromatic ring is 1. The van der Waals surface area contributed by atoms with Crippen molar-refractivity contribution in [2.75, 3.05) is 50.0 Å². The lowest BCUT2D eigenvalue weighted by Crippen LogP contribution is -2.58. The first kappa shape index (κ1) is 31.5. The zero-order chi connectivity index (χ0) is 31.7. The SMILES string of the molecule is C=CC(=O)N1C[C@H](C)N(c2nc(OCCCN(CC)CC)nc3c(F)c(-c4c(C)ccc5[nH]nc(N)c45)c(Cl)cc23)C[C@H]1C. The number of H-pyrrole nitrogens is 1. The Labute approximate surface area is 262 Å². The minimum absolute atomic E-state index is 0.0847. The zero-order valence-corrected chi connectivity index (χ0v) is 26.7. The molecule has 1 amide bonds. The number of piperazine rings is 1. The van der Waals surface area contributed by atoms with Gasteiger partial charge in [0.15, 0.2) is 11.6 Å². The first-order chi connectivity index (χ1) is 21.1. The number of anilines is 2. The summed E-state index contributed by atoms with van der Waals surface area (Å²) in [7, 11) is 0. The number of nitrogens with two attached hydrogens (primary N) is 1. The minimum Gasteiger partial charge on any atom is -0.463 e. The third-order valence-corrected chi connectivity index (χ3v) is 8.82. The highest BCUT2D eigenvalue weighted by atomic mass is 35.5. The number of ether oxygens (including phenoxy) is 1. The normalized spacial score (nSPS) is 17.2. The number of amides is 1. The number of aryl methyl sites for hydroxylation is 1. The molecule has 3 N–H and O–H groups in total. The van der Waals surface area contributed by atoms with Crippen LogP contribution < -0.4 is 15.4 Å². The summed E-state index contributed by atoms with van der Waals surface area (Å²) in [5, 5.41) is 8.29. The molecule has 0 aliphatic carbocycles. The van der Waals surface area contributed by atoms with Crippen LogP contribution in [0.25, 0.3) is 32.9 Å². The maximum absolute atomic E-state index is 16.9. The molecule has 234 valence electrons. The monoisotopic (exact) mass is 622 g/mol. The first-order valence-corrected chi connectivity index (χ1v) is 15.4. The number of aromatic amines is 1. The summed E-state index contributed by atoms with van der Waals surface area (Å²) in [6, 6.07) is 5.26. The van der Waals surface area contributed by atoms with Crippen LogP contribution in [0.2, 0.25) is 5.02 Å². The van der Waals surface area contributed by atoms with Crippen LogP contribution >= 0.6 is 11.6 Å². The van der Waals surface area contributed by atoms with E-state index in [1.165, 1.54) is 6.08 Å².